The minimum absolute atomic E-state index is 0.0284. The molecule has 0 saturated heterocycles. The van der Waals surface area contributed by atoms with Gasteiger partial charge in [-0.05, 0) is 36.4 Å². The number of para-hydroxylation sites is 1. The molecule has 0 spiro atoms. The maximum Gasteiger partial charge on any atom is 0.289 e. The number of hydrogen-bond acceptors (Lipinski definition) is 8. The molecule has 0 aliphatic rings. The maximum absolute atomic E-state index is 13.7. The van der Waals surface area contributed by atoms with Crippen molar-refractivity contribution in [2.45, 2.75) is 4.90 Å². The lowest BCUT2D eigenvalue weighted by molar-refractivity contribution is -0.387. The average molecular weight is 536 g/mol. The fourth-order valence-corrected chi connectivity index (χ4v) is 5.16. The topological polar surface area (TPSA) is 137 Å². The van der Waals surface area contributed by atoms with Crippen molar-refractivity contribution < 1.29 is 32.3 Å². The summed E-state index contributed by atoms with van der Waals surface area (Å²) in [6.07, 6.45) is 0. The summed E-state index contributed by atoms with van der Waals surface area (Å²) in [4.78, 5) is 23.2. The van der Waals surface area contributed by atoms with Gasteiger partial charge in [0.15, 0.2) is 4.90 Å². The molecule has 3 aromatic carbocycles. The van der Waals surface area contributed by atoms with Crippen LogP contribution in [-0.4, -0.2) is 47.1 Å². The summed E-state index contributed by atoms with van der Waals surface area (Å²) in [5.74, 6) is 0.0854. The monoisotopic (exact) mass is 535 g/mol. The fourth-order valence-electron chi connectivity index (χ4n) is 3.31. The molecule has 3 aromatic rings. The van der Waals surface area contributed by atoms with Crippen LogP contribution in [0.15, 0.2) is 65.6 Å². The number of nitro benzene ring substituents is 1. The molecule has 0 saturated carbocycles. The Morgan fingerprint density at radius 1 is 1.00 bits per heavy atom. The number of methoxy groups -OCH3 is 3. The van der Waals surface area contributed by atoms with E-state index >= 15 is 0 Å². The number of nitro groups is 1. The van der Waals surface area contributed by atoms with E-state index in [1.165, 1.54) is 69.9 Å². The number of sulfonamides is 1. The molecule has 3 rings (SSSR count). The molecular weight excluding hydrogens is 514 g/mol. The smallest absolute Gasteiger partial charge is 0.289 e. The number of benzene rings is 3. The second-order valence-electron chi connectivity index (χ2n) is 7.17. The first-order chi connectivity index (χ1) is 17.1. The summed E-state index contributed by atoms with van der Waals surface area (Å²) in [6, 6.07) is 13.6. The van der Waals surface area contributed by atoms with Gasteiger partial charge in [-0.2, -0.15) is 0 Å². The van der Waals surface area contributed by atoms with E-state index in [2.05, 4.69) is 5.32 Å². The van der Waals surface area contributed by atoms with Crippen molar-refractivity contribution in [3.05, 3.63) is 75.8 Å². The number of carbonyl (C=O) groups is 1. The number of anilines is 2. The van der Waals surface area contributed by atoms with Gasteiger partial charge in [-0.25, -0.2) is 8.42 Å². The van der Waals surface area contributed by atoms with E-state index in [0.29, 0.717) is 11.5 Å². The summed E-state index contributed by atoms with van der Waals surface area (Å²) in [6.45, 7) is -0.735. The number of nitrogens with zero attached hydrogens (tertiary/aromatic N) is 2. The van der Waals surface area contributed by atoms with Crippen LogP contribution in [0.5, 0.6) is 17.2 Å². The van der Waals surface area contributed by atoms with Gasteiger partial charge in [0.2, 0.25) is 5.91 Å². The van der Waals surface area contributed by atoms with Crippen molar-refractivity contribution in [2.24, 2.45) is 0 Å². The lowest BCUT2D eigenvalue weighted by Gasteiger charge is -2.25. The molecule has 1 N–H and O–H groups in total. The van der Waals surface area contributed by atoms with Gasteiger partial charge in [-0.1, -0.05) is 23.7 Å². The number of rotatable bonds is 10. The van der Waals surface area contributed by atoms with E-state index in [4.69, 9.17) is 25.8 Å². The third-order valence-electron chi connectivity index (χ3n) is 5.01. The Kier molecular flexibility index (Phi) is 8.22. The lowest BCUT2D eigenvalue weighted by atomic mass is 10.2. The van der Waals surface area contributed by atoms with Gasteiger partial charge in [-0.15, -0.1) is 0 Å². The highest BCUT2D eigenvalue weighted by atomic mass is 35.5. The zero-order valence-electron chi connectivity index (χ0n) is 19.4. The molecule has 0 bridgehead atoms. The normalized spacial score (nSPS) is 10.9. The maximum atomic E-state index is 13.7. The van der Waals surface area contributed by atoms with Crippen LogP contribution in [-0.2, 0) is 14.8 Å². The van der Waals surface area contributed by atoms with Gasteiger partial charge >= 0.3 is 0 Å². The standard InChI is InChI=1S/C23H22ClN3O8S/c1-33-16-9-10-18(21(13-16)35-3)26(36(31,32)22-7-5-4-6-19(22)27(29)30)14-23(28)25-15-8-11-20(34-2)17(24)12-15/h4-13H,14H2,1-3H3,(H,25,28). The van der Waals surface area contributed by atoms with Crippen molar-refractivity contribution in [3.8, 4) is 17.2 Å². The second kappa shape index (κ2) is 11.1. The van der Waals surface area contributed by atoms with Crippen LogP contribution < -0.4 is 23.8 Å². The molecule has 36 heavy (non-hydrogen) atoms. The molecule has 11 nitrogen and oxygen atoms in total. The highest BCUT2D eigenvalue weighted by Gasteiger charge is 2.34. The van der Waals surface area contributed by atoms with Crippen LogP contribution in [0.1, 0.15) is 0 Å². The van der Waals surface area contributed by atoms with E-state index < -0.39 is 38.0 Å². The Hall–Kier alpha value is -4.03. The minimum atomic E-state index is -4.62. The van der Waals surface area contributed by atoms with E-state index in [1.807, 2.05) is 0 Å². The average Bonchev–Trinajstić information content (AvgIpc) is 2.87. The van der Waals surface area contributed by atoms with Crippen LogP contribution in [0.3, 0.4) is 0 Å². The van der Waals surface area contributed by atoms with Gasteiger partial charge in [0.25, 0.3) is 15.7 Å². The zero-order valence-corrected chi connectivity index (χ0v) is 21.0. The molecule has 0 aromatic heterocycles. The van der Waals surface area contributed by atoms with Gasteiger partial charge in [0, 0.05) is 17.8 Å². The fraction of sp³-hybridized carbons (Fsp3) is 0.174. The summed E-state index contributed by atoms with van der Waals surface area (Å²) in [5, 5.41) is 14.4. The quantitative estimate of drug-likeness (QED) is 0.302. The van der Waals surface area contributed by atoms with Crippen LogP contribution in [0.25, 0.3) is 0 Å². The zero-order chi connectivity index (χ0) is 26.5. The SMILES string of the molecule is COc1ccc(N(CC(=O)Nc2ccc(OC)c(Cl)c2)S(=O)(=O)c2ccccc2[N+](=O)[O-])c(OC)c1. The predicted octanol–water partition coefficient (Wildman–Crippen LogP) is 4.11. The molecule has 0 radical (unpaired) electrons. The van der Waals surface area contributed by atoms with E-state index in [0.717, 1.165) is 16.4 Å². The molecule has 190 valence electrons. The first kappa shape index (κ1) is 26.6. The third kappa shape index (κ3) is 5.61. The van der Waals surface area contributed by atoms with Gasteiger partial charge in [0.1, 0.15) is 23.8 Å². The Bertz CT molecular complexity index is 1400. The molecule has 0 aliphatic carbocycles. The van der Waals surface area contributed by atoms with Gasteiger partial charge in [0.05, 0.1) is 37.0 Å². The van der Waals surface area contributed by atoms with Crippen LogP contribution in [0, 0.1) is 10.1 Å². The number of hydrogen-bond donors (Lipinski definition) is 1. The summed E-state index contributed by atoms with van der Waals surface area (Å²) in [7, 11) is -0.453. The Labute approximate surface area is 212 Å². The number of halogens is 1. The van der Waals surface area contributed by atoms with Crippen LogP contribution >= 0.6 is 11.6 Å². The van der Waals surface area contributed by atoms with Gasteiger partial charge < -0.3 is 19.5 Å². The lowest BCUT2D eigenvalue weighted by Crippen LogP contribution is -2.38. The first-order valence-corrected chi connectivity index (χ1v) is 12.1. The molecule has 0 fully saturated rings. The van der Waals surface area contributed by atoms with Crippen LogP contribution in [0.4, 0.5) is 17.1 Å². The van der Waals surface area contributed by atoms with E-state index in [9.17, 15) is 23.3 Å². The molecule has 0 aliphatic heterocycles. The Morgan fingerprint density at radius 3 is 2.31 bits per heavy atom. The summed E-state index contributed by atoms with van der Waals surface area (Å²) in [5.41, 5.74) is -0.382. The van der Waals surface area contributed by atoms with Crippen molar-refractivity contribution in [1.82, 2.24) is 0 Å². The second-order valence-corrected chi connectivity index (χ2v) is 9.41. The Morgan fingerprint density at radius 2 is 1.69 bits per heavy atom. The largest absolute Gasteiger partial charge is 0.497 e. The van der Waals surface area contributed by atoms with Crippen LogP contribution in [0.2, 0.25) is 5.02 Å². The predicted molar refractivity (Wildman–Crippen MR) is 134 cm³/mol. The van der Waals surface area contributed by atoms with Crippen molar-refractivity contribution in [2.75, 3.05) is 37.5 Å². The minimum Gasteiger partial charge on any atom is -0.497 e. The Balaban J connectivity index is 2.08. The highest BCUT2D eigenvalue weighted by molar-refractivity contribution is 7.93. The molecule has 0 atom stereocenters. The molecular formula is C23H22ClN3O8S. The van der Waals surface area contributed by atoms with Crippen molar-refractivity contribution >= 4 is 44.6 Å². The molecule has 13 heteroatoms. The molecule has 0 unspecified atom stereocenters. The number of nitrogens with one attached hydrogen (secondary N) is 1. The van der Waals surface area contributed by atoms with E-state index in [1.54, 1.807) is 0 Å². The number of ether oxygens (including phenoxy) is 3. The molecule has 1 amide bonds. The summed E-state index contributed by atoms with van der Waals surface area (Å²) >= 11 is 6.11. The first-order valence-electron chi connectivity index (χ1n) is 10.2. The van der Waals surface area contributed by atoms with E-state index in [-0.39, 0.29) is 22.1 Å². The number of carbonyl (C=O) groups excluding carboxylic acids is 1. The van der Waals surface area contributed by atoms with Crippen molar-refractivity contribution in [1.29, 1.82) is 0 Å². The summed E-state index contributed by atoms with van der Waals surface area (Å²) < 4.78 is 43.8. The third-order valence-corrected chi connectivity index (χ3v) is 7.11. The highest BCUT2D eigenvalue weighted by Crippen LogP contribution is 2.37. The van der Waals surface area contributed by atoms with Crippen molar-refractivity contribution in [3.63, 3.8) is 0 Å². The number of amides is 1. The van der Waals surface area contributed by atoms with Gasteiger partial charge in [-0.3, -0.25) is 19.2 Å². The molecule has 0 heterocycles.